The molecular formula is C14H17ClN4. The fraction of sp³-hybridized carbons (Fsp3) is 0.286. The molecule has 4 nitrogen and oxygen atoms in total. The molecule has 2 aromatic rings. The van der Waals surface area contributed by atoms with Crippen LogP contribution in [-0.2, 0) is 6.42 Å². The standard InChI is InChI=1S/C14H17ClN4/c15-12-4-1-3-11(9-12)10-13-5-8-18-14(19-13)17-7-2-6-16/h1,3-5,8-9H,2,6-7,10,16H2,(H,17,18,19). The number of halogens is 1. The minimum atomic E-state index is 0.646. The first-order valence-corrected chi connectivity index (χ1v) is 6.66. The molecule has 0 radical (unpaired) electrons. The molecule has 0 saturated heterocycles. The van der Waals surface area contributed by atoms with E-state index in [2.05, 4.69) is 15.3 Å². The second-order valence-electron chi connectivity index (χ2n) is 4.25. The zero-order valence-corrected chi connectivity index (χ0v) is 11.4. The van der Waals surface area contributed by atoms with E-state index >= 15 is 0 Å². The fourth-order valence-electron chi connectivity index (χ4n) is 1.74. The van der Waals surface area contributed by atoms with Gasteiger partial charge in [-0.25, -0.2) is 9.97 Å². The molecule has 3 N–H and O–H groups in total. The summed E-state index contributed by atoms with van der Waals surface area (Å²) >= 11 is 5.97. The zero-order chi connectivity index (χ0) is 13.5. The molecule has 0 bridgehead atoms. The van der Waals surface area contributed by atoms with Gasteiger partial charge in [-0.15, -0.1) is 0 Å². The Hall–Kier alpha value is -1.65. The maximum absolute atomic E-state index is 5.97. The van der Waals surface area contributed by atoms with Gasteiger partial charge in [-0.2, -0.15) is 0 Å². The molecule has 100 valence electrons. The molecular weight excluding hydrogens is 260 g/mol. The smallest absolute Gasteiger partial charge is 0.222 e. The first-order valence-electron chi connectivity index (χ1n) is 6.28. The summed E-state index contributed by atoms with van der Waals surface area (Å²) in [5.74, 6) is 0.646. The fourth-order valence-corrected chi connectivity index (χ4v) is 1.95. The van der Waals surface area contributed by atoms with Crippen molar-refractivity contribution in [1.82, 2.24) is 9.97 Å². The summed E-state index contributed by atoms with van der Waals surface area (Å²) in [7, 11) is 0. The lowest BCUT2D eigenvalue weighted by molar-refractivity contribution is 0.860. The number of rotatable bonds is 6. The summed E-state index contributed by atoms with van der Waals surface area (Å²) < 4.78 is 0. The number of nitrogens with two attached hydrogens (primary N) is 1. The molecule has 0 spiro atoms. The topological polar surface area (TPSA) is 63.8 Å². The second-order valence-corrected chi connectivity index (χ2v) is 4.68. The lowest BCUT2D eigenvalue weighted by Crippen LogP contribution is -2.11. The van der Waals surface area contributed by atoms with Crippen molar-refractivity contribution in [2.75, 3.05) is 18.4 Å². The molecule has 5 heteroatoms. The molecule has 1 aromatic carbocycles. The summed E-state index contributed by atoms with van der Waals surface area (Å²) in [5.41, 5.74) is 7.55. The Morgan fingerprint density at radius 1 is 1.26 bits per heavy atom. The van der Waals surface area contributed by atoms with Crippen LogP contribution in [0.5, 0.6) is 0 Å². The summed E-state index contributed by atoms with van der Waals surface area (Å²) in [6.07, 6.45) is 3.41. The Bertz CT molecular complexity index is 530. The molecule has 0 saturated carbocycles. The third kappa shape index (κ3) is 4.50. The van der Waals surface area contributed by atoms with E-state index in [4.69, 9.17) is 17.3 Å². The highest BCUT2D eigenvalue weighted by atomic mass is 35.5. The van der Waals surface area contributed by atoms with Gasteiger partial charge in [0.25, 0.3) is 0 Å². The lowest BCUT2D eigenvalue weighted by atomic mass is 10.1. The summed E-state index contributed by atoms with van der Waals surface area (Å²) in [6.45, 7) is 1.45. The number of benzene rings is 1. The van der Waals surface area contributed by atoms with E-state index in [1.165, 1.54) is 0 Å². The van der Waals surface area contributed by atoms with Crippen molar-refractivity contribution < 1.29 is 0 Å². The highest BCUT2D eigenvalue weighted by Gasteiger charge is 2.01. The van der Waals surface area contributed by atoms with Crippen molar-refractivity contribution in [3.05, 3.63) is 52.8 Å². The Kier molecular flexibility index (Phi) is 5.12. The van der Waals surface area contributed by atoms with Crippen molar-refractivity contribution in [1.29, 1.82) is 0 Å². The maximum atomic E-state index is 5.97. The van der Waals surface area contributed by atoms with Crippen molar-refractivity contribution in [2.24, 2.45) is 5.73 Å². The van der Waals surface area contributed by atoms with Crippen molar-refractivity contribution >= 4 is 17.5 Å². The van der Waals surface area contributed by atoms with Crippen molar-refractivity contribution in [3.8, 4) is 0 Å². The first kappa shape index (κ1) is 13.8. The monoisotopic (exact) mass is 276 g/mol. The lowest BCUT2D eigenvalue weighted by Gasteiger charge is -2.06. The molecule has 0 aliphatic heterocycles. The van der Waals surface area contributed by atoms with Crippen LogP contribution in [0.1, 0.15) is 17.7 Å². The Morgan fingerprint density at radius 2 is 2.16 bits per heavy atom. The number of anilines is 1. The van der Waals surface area contributed by atoms with Crippen molar-refractivity contribution in [3.63, 3.8) is 0 Å². The highest BCUT2D eigenvalue weighted by Crippen LogP contribution is 2.14. The molecule has 19 heavy (non-hydrogen) atoms. The molecule has 0 fully saturated rings. The number of aromatic nitrogens is 2. The quantitative estimate of drug-likeness (QED) is 0.796. The molecule has 1 aromatic heterocycles. The minimum absolute atomic E-state index is 0.646. The van der Waals surface area contributed by atoms with Crippen molar-refractivity contribution in [2.45, 2.75) is 12.8 Å². The van der Waals surface area contributed by atoms with E-state index in [1.807, 2.05) is 30.3 Å². The molecule has 0 amide bonds. The predicted molar refractivity (Wildman–Crippen MR) is 78.5 cm³/mol. The summed E-state index contributed by atoms with van der Waals surface area (Å²) in [4.78, 5) is 8.64. The van der Waals surface area contributed by atoms with E-state index in [0.29, 0.717) is 12.5 Å². The summed E-state index contributed by atoms with van der Waals surface area (Å²) in [5, 5.41) is 3.90. The highest BCUT2D eigenvalue weighted by molar-refractivity contribution is 6.30. The van der Waals surface area contributed by atoms with Crippen LogP contribution in [0, 0.1) is 0 Å². The van der Waals surface area contributed by atoms with E-state index in [-0.39, 0.29) is 0 Å². The third-order valence-electron chi connectivity index (χ3n) is 2.65. The van der Waals surface area contributed by atoms with Crippen LogP contribution >= 0.6 is 11.6 Å². The molecule has 2 rings (SSSR count). The molecule has 0 aliphatic rings. The van der Waals surface area contributed by atoms with Gasteiger partial charge in [0, 0.05) is 24.2 Å². The van der Waals surface area contributed by atoms with Gasteiger partial charge >= 0.3 is 0 Å². The van der Waals surface area contributed by atoms with Crippen LogP contribution < -0.4 is 11.1 Å². The van der Waals surface area contributed by atoms with Crippen LogP contribution in [0.2, 0.25) is 5.02 Å². The average Bonchev–Trinajstić information content (AvgIpc) is 2.39. The van der Waals surface area contributed by atoms with E-state index in [1.54, 1.807) is 6.20 Å². The van der Waals surface area contributed by atoms with Gasteiger partial charge < -0.3 is 11.1 Å². The Morgan fingerprint density at radius 3 is 2.95 bits per heavy atom. The van der Waals surface area contributed by atoms with E-state index < -0.39 is 0 Å². The van der Waals surface area contributed by atoms with Crippen LogP contribution in [0.25, 0.3) is 0 Å². The average molecular weight is 277 g/mol. The molecule has 0 atom stereocenters. The van der Waals surface area contributed by atoms with Gasteiger partial charge in [-0.1, -0.05) is 23.7 Å². The van der Waals surface area contributed by atoms with E-state index in [0.717, 1.165) is 35.7 Å². The van der Waals surface area contributed by atoms with Crippen LogP contribution in [0.4, 0.5) is 5.95 Å². The number of hydrogen-bond acceptors (Lipinski definition) is 4. The minimum Gasteiger partial charge on any atom is -0.354 e. The SMILES string of the molecule is NCCCNc1nccc(Cc2cccc(Cl)c2)n1. The third-order valence-corrected chi connectivity index (χ3v) is 2.89. The second kappa shape index (κ2) is 7.07. The molecule has 0 unspecified atom stereocenters. The number of nitrogens with one attached hydrogen (secondary N) is 1. The Balaban J connectivity index is 2.02. The largest absolute Gasteiger partial charge is 0.354 e. The zero-order valence-electron chi connectivity index (χ0n) is 10.6. The van der Waals surface area contributed by atoms with Gasteiger partial charge in [0.2, 0.25) is 5.95 Å². The number of nitrogens with zero attached hydrogens (tertiary/aromatic N) is 2. The summed E-state index contributed by atoms with van der Waals surface area (Å²) in [6, 6.07) is 9.71. The van der Waals surface area contributed by atoms with Gasteiger partial charge in [-0.3, -0.25) is 0 Å². The predicted octanol–water partition coefficient (Wildman–Crippen LogP) is 2.48. The van der Waals surface area contributed by atoms with Crippen LogP contribution in [-0.4, -0.2) is 23.1 Å². The normalized spacial score (nSPS) is 10.4. The van der Waals surface area contributed by atoms with Crippen LogP contribution in [0.3, 0.4) is 0 Å². The molecule has 0 aliphatic carbocycles. The van der Waals surface area contributed by atoms with Gasteiger partial charge in [0.1, 0.15) is 0 Å². The van der Waals surface area contributed by atoms with Gasteiger partial charge in [0.15, 0.2) is 0 Å². The van der Waals surface area contributed by atoms with Gasteiger partial charge in [0.05, 0.1) is 5.69 Å². The molecule has 1 heterocycles. The first-order chi connectivity index (χ1) is 9.28. The van der Waals surface area contributed by atoms with Gasteiger partial charge in [-0.05, 0) is 36.7 Å². The maximum Gasteiger partial charge on any atom is 0.222 e. The van der Waals surface area contributed by atoms with E-state index in [9.17, 15) is 0 Å². The Labute approximate surface area is 118 Å². The number of hydrogen-bond donors (Lipinski definition) is 2. The van der Waals surface area contributed by atoms with Crippen LogP contribution in [0.15, 0.2) is 36.5 Å².